The molecule has 5 nitrogen and oxygen atoms in total. The first-order chi connectivity index (χ1) is 12.4. The number of carbonyl (C=O) groups excluding carboxylic acids is 2. The van der Waals surface area contributed by atoms with Crippen LogP contribution in [0, 0.1) is 5.82 Å². The smallest absolute Gasteiger partial charge is 0.315 e. The van der Waals surface area contributed by atoms with Gasteiger partial charge in [0.1, 0.15) is 5.82 Å². The van der Waals surface area contributed by atoms with Gasteiger partial charge in [-0.1, -0.05) is 35.3 Å². The molecule has 0 unspecified atom stereocenters. The van der Waals surface area contributed by atoms with Gasteiger partial charge in [0.25, 0.3) is 0 Å². The van der Waals surface area contributed by atoms with Gasteiger partial charge in [0.15, 0.2) is 0 Å². The Morgan fingerprint density at radius 2 is 1.54 bits per heavy atom. The number of rotatable bonds is 7. The van der Waals surface area contributed by atoms with E-state index in [1.54, 1.807) is 30.3 Å². The molecule has 8 heteroatoms. The Balaban J connectivity index is 1.63. The van der Waals surface area contributed by atoms with Crippen LogP contribution in [0.2, 0.25) is 10.0 Å². The highest BCUT2D eigenvalue weighted by molar-refractivity contribution is 6.34. The predicted octanol–water partition coefficient (Wildman–Crippen LogP) is 3.29. The molecule has 2 rings (SSSR count). The van der Waals surface area contributed by atoms with E-state index >= 15 is 0 Å². The Hall–Kier alpha value is -2.31. The van der Waals surface area contributed by atoms with E-state index in [1.807, 2.05) is 0 Å². The molecule has 0 radical (unpaired) electrons. The van der Waals surface area contributed by atoms with Gasteiger partial charge in [-0.05, 0) is 47.9 Å². The molecule has 0 saturated heterocycles. The maximum atomic E-state index is 12.8. The molecule has 0 saturated carbocycles. The molecular weight excluding hydrogens is 380 g/mol. The van der Waals surface area contributed by atoms with E-state index in [2.05, 4.69) is 16.0 Å². The molecule has 26 heavy (non-hydrogen) atoms. The summed E-state index contributed by atoms with van der Waals surface area (Å²) in [7, 11) is 0. The molecule has 138 valence electrons. The Labute approximate surface area is 160 Å². The molecule has 0 bridgehead atoms. The summed E-state index contributed by atoms with van der Waals surface area (Å²) in [6, 6.07) is 10.5. The summed E-state index contributed by atoms with van der Waals surface area (Å²) >= 11 is 11.8. The summed E-state index contributed by atoms with van der Waals surface area (Å²) in [4.78, 5) is 23.4. The Morgan fingerprint density at radius 3 is 2.19 bits per heavy atom. The number of nitrogens with one attached hydrogen (secondary N) is 3. The standard InChI is InChI=1S/C18H18Cl2FN3O2/c19-14-7-13(8-15(20)9-14)5-6-22-17(25)11-24-18(26)23-10-12-1-3-16(21)4-2-12/h1-4,7-9H,5-6,10-11H2,(H,22,25)(H2,23,24,26). The van der Waals surface area contributed by atoms with Gasteiger partial charge in [0.05, 0.1) is 6.54 Å². The molecule has 0 spiro atoms. The van der Waals surface area contributed by atoms with Crippen molar-refractivity contribution in [2.75, 3.05) is 13.1 Å². The number of hydrogen-bond acceptors (Lipinski definition) is 2. The third-order valence-corrected chi connectivity index (χ3v) is 3.87. The zero-order valence-electron chi connectivity index (χ0n) is 13.8. The summed E-state index contributed by atoms with van der Waals surface area (Å²) < 4.78 is 12.8. The normalized spacial score (nSPS) is 10.3. The monoisotopic (exact) mass is 397 g/mol. The average Bonchev–Trinajstić information content (AvgIpc) is 2.58. The SMILES string of the molecule is O=C(CNC(=O)NCc1ccc(F)cc1)NCCc1cc(Cl)cc(Cl)c1. The summed E-state index contributed by atoms with van der Waals surface area (Å²) in [6.07, 6.45) is 0.572. The quantitative estimate of drug-likeness (QED) is 0.670. The van der Waals surface area contributed by atoms with Crippen molar-refractivity contribution in [3.8, 4) is 0 Å². The lowest BCUT2D eigenvalue weighted by molar-refractivity contribution is -0.120. The van der Waals surface area contributed by atoms with Crippen LogP contribution >= 0.6 is 23.2 Å². The van der Waals surface area contributed by atoms with Gasteiger partial charge in [-0.2, -0.15) is 0 Å². The largest absolute Gasteiger partial charge is 0.354 e. The summed E-state index contributed by atoms with van der Waals surface area (Å²) in [5, 5.41) is 8.82. The topological polar surface area (TPSA) is 70.2 Å². The van der Waals surface area contributed by atoms with Gasteiger partial charge in [-0.3, -0.25) is 4.79 Å². The van der Waals surface area contributed by atoms with Crippen LogP contribution in [-0.2, 0) is 17.8 Å². The molecule has 3 amide bonds. The van der Waals surface area contributed by atoms with Crippen LogP contribution < -0.4 is 16.0 Å². The van der Waals surface area contributed by atoms with Crippen molar-refractivity contribution in [1.29, 1.82) is 0 Å². The van der Waals surface area contributed by atoms with Crippen molar-refractivity contribution >= 4 is 35.1 Å². The first-order valence-corrected chi connectivity index (χ1v) is 8.66. The molecule has 0 fully saturated rings. The summed E-state index contributed by atoms with van der Waals surface area (Å²) in [5.41, 5.74) is 1.67. The minimum atomic E-state index is -0.480. The van der Waals surface area contributed by atoms with Crippen LogP contribution in [0.4, 0.5) is 9.18 Å². The fraction of sp³-hybridized carbons (Fsp3) is 0.222. The number of amides is 3. The Bertz CT molecular complexity index is 749. The number of halogens is 3. The maximum Gasteiger partial charge on any atom is 0.315 e. The molecule has 0 aliphatic heterocycles. The zero-order chi connectivity index (χ0) is 18.9. The zero-order valence-corrected chi connectivity index (χ0v) is 15.3. The van der Waals surface area contributed by atoms with Crippen LogP contribution in [0.25, 0.3) is 0 Å². The first-order valence-electron chi connectivity index (χ1n) is 7.90. The fourth-order valence-electron chi connectivity index (χ4n) is 2.17. The number of carbonyl (C=O) groups is 2. The van der Waals surface area contributed by atoms with Crippen molar-refractivity contribution in [2.45, 2.75) is 13.0 Å². The molecule has 2 aromatic carbocycles. The van der Waals surface area contributed by atoms with Gasteiger partial charge < -0.3 is 16.0 Å². The molecule has 0 heterocycles. The van der Waals surface area contributed by atoms with Crippen molar-refractivity contribution in [3.05, 3.63) is 69.5 Å². The van der Waals surface area contributed by atoms with Crippen LogP contribution in [0.15, 0.2) is 42.5 Å². The van der Waals surface area contributed by atoms with E-state index in [1.165, 1.54) is 12.1 Å². The number of benzene rings is 2. The molecule has 2 aromatic rings. The van der Waals surface area contributed by atoms with Crippen LogP contribution in [-0.4, -0.2) is 25.0 Å². The van der Waals surface area contributed by atoms with E-state index in [0.717, 1.165) is 11.1 Å². The number of urea groups is 1. The summed E-state index contributed by atoms with van der Waals surface area (Å²) in [5.74, 6) is -0.648. The fourth-order valence-corrected chi connectivity index (χ4v) is 2.74. The van der Waals surface area contributed by atoms with E-state index in [0.29, 0.717) is 23.0 Å². The van der Waals surface area contributed by atoms with E-state index in [4.69, 9.17) is 23.2 Å². The van der Waals surface area contributed by atoms with Crippen LogP contribution in [0.5, 0.6) is 0 Å². The van der Waals surface area contributed by atoms with Crippen molar-refractivity contribution < 1.29 is 14.0 Å². The van der Waals surface area contributed by atoms with Crippen molar-refractivity contribution in [2.24, 2.45) is 0 Å². The molecule has 0 atom stereocenters. The lowest BCUT2D eigenvalue weighted by Crippen LogP contribution is -2.42. The first kappa shape index (κ1) is 20.0. The van der Waals surface area contributed by atoms with E-state index in [-0.39, 0.29) is 24.8 Å². The van der Waals surface area contributed by atoms with Gasteiger partial charge in [-0.15, -0.1) is 0 Å². The second kappa shape index (κ2) is 9.99. The third-order valence-electron chi connectivity index (χ3n) is 3.43. The molecular formula is C18H18Cl2FN3O2. The van der Waals surface area contributed by atoms with Crippen molar-refractivity contribution in [1.82, 2.24) is 16.0 Å². The van der Waals surface area contributed by atoms with Gasteiger partial charge in [0.2, 0.25) is 5.91 Å². The Morgan fingerprint density at radius 1 is 0.885 bits per heavy atom. The van der Waals surface area contributed by atoms with Crippen molar-refractivity contribution in [3.63, 3.8) is 0 Å². The second-order valence-electron chi connectivity index (χ2n) is 5.54. The molecule has 3 N–H and O–H groups in total. The van der Waals surface area contributed by atoms with Gasteiger partial charge in [0, 0.05) is 23.1 Å². The lowest BCUT2D eigenvalue weighted by Gasteiger charge is -2.09. The lowest BCUT2D eigenvalue weighted by atomic mass is 10.1. The van der Waals surface area contributed by atoms with Gasteiger partial charge >= 0.3 is 6.03 Å². The molecule has 0 aromatic heterocycles. The van der Waals surface area contributed by atoms with Gasteiger partial charge in [-0.25, -0.2) is 9.18 Å². The third kappa shape index (κ3) is 7.29. The predicted molar refractivity (Wildman–Crippen MR) is 99.8 cm³/mol. The highest BCUT2D eigenvalue weighted by Crippen LogP contribution is 2.19. The maximum absolute atomic E-state index is 12.8. The summed E-state index contributed by atoms with van der Waals surface area (Å²) in [6.45, 7) is 0.489. The van der Waals surface area contributed by atoms with E-state index < -0.39 is 6.03 Å². The van der Waals surface area contributed by atoms with Crippen LogP contribution in [0.3, 0.4) is 0 Å². The minimum absolute atomic E-state index is 0.147. The average molecular weight is 398 g/mol. The Kier molecular flexibility index (Phi) is 7.69. The molecule has 0 aliphatic rings. The minimum Gasteiger partial charge on any atom is -0.354 e. The van der Waals surface area contributed by atoms with E-state index in [9.17, 15) is 14.0 Å². The molecule has 0 aliphatic carbocycles. The highest BCUT2D eigenvalue weighted by Gasteiger charge is 2.05. The van der Waals surface area contributed by atoms with Crippen LogP contribution in [0.1, 0.15) is 11.1 Å². The second-order valence-corrected chi connectivity index (χ2v) is 6.41. The number of hydrogen-bond donors (Lipinski definition) is 3. The highest BCUT2D eigenvalue weighted by atomic mass is 35.5.